The van der Waals surface area contributed by atoms with Crippen LogP contribution < -0.4 is 5.73 Å². The SMILES string of the molecule is [2H]C(C([2H])(C)C)[C@@]([2H])(N)C(=O)O. The quantitative estimate of drug-likeness (QED) is 0.588. The second kappa shape index (κ2) is 3.45. The molecule has 0 saturated carbocycles. The molecule has 3 N–H and O–H groups in total. The third kappa shape index (κ3) is 3.97. The van der Waals surface area contributed by atoms with Crippen LogP contribution in [0.5, 0.6) is 0 Å². The molecular weight excluding hydrogens is 118 g/mol. The first-order chi connectivity index (χ1) is 5.10. The molecule has 0 amide bonds. The zero-order chi connectivity index (χ0) is 10.2. The maximum absolute atomic E-state index is 10.4. The molecule has 0 aliphatic heterocycles. The largest absolute Gasteiger partial charge is 0.480 e. The summed E-state index contributed by atoms with van der Waals surface area (Å²) in [7, 11) is 0. The lowest BCUT2D eigenvalue weighted by molar-refractivity contribution is -0.138. The monoisotopic (exact) mass is 134 g/mol. The van der Waals surface area contributed by atoms with Crippen LogP contribution in [-0.2, 0) is 4.79 Å². The Morgan fingerprint density at radius 3 is 2.56 bits per heavy atom. The molecule has 0 heterocycles. The fourth-order valence-corrected chi connectivity index (χ4v) is 0.373. The maximum Gasteiger partial charge on any atom is 0.320 e. The van der Waals surface area contributed by atoms with Gasteiger partial charge in [0.05, 0.1) is 1.37 Å². The van der Waals surface area contributed by atoms with E-state index in [0.717, 1.165) is 0 Å². The summed E-state index contributed by atoms with van der Waals surface area (Å²) >= 11 is 0. The number of carboxylic acid groups (broad SMARTS) is 1. The van der Waals surface area contributed by atoms with Crippen molar-refractivity contribution in [2.75, 3.05) is 0 Å². The topological polar surface area (TPSA) is 63.3 Å². The highest BCUT2D eigenvalue weighted by atomic mass is 16.4. The maximum atomic E-state index is 10.4. The third-order valence-electron chi connectivity index (χ3n) is 0.691. The van der Waals surface area contributed by atoms with E-state index in [4.69, 9.17) is 15.0 Å². The lowest BCUT2D eigenvalue weighted by Crippen LogP contribution is -2.31. The molecule has 0 saturated heterocycles. The van der Waals surface area contributed by atoms with Crippen molar-refractivity contribution in [3.8, 4) is 0 Å². The van der Waals surface area contributed by atoms with Gasteiger partial charge in [-0.05, 0) is 12.3 Å². The highest BCUT2D eigenvalue weighted by Gasteiger charge is 2.11. The van der Waals surface area contributed by atoms with Crippen LogP contribution in [0, 0.1) is 5.89 Å². The van der Waals surface area contributed by atoms with Gasteiger partial charge in [-0.1, -0.05) is 13.8 Å². The summed E-state index contributed by atoms with van der Waals surface area (Å²) in [6.07, 6.45) is -1.48. The Kier molecular flexibility index (Phi) is 1.64. The van der Waals surface area contributed by atoms with Crippen molar-refractivity contribution in [2.45, 2.75) is 26.3 Å². The fourth-order valence-electron chi connectivity index (χ4n) is 0.373. The Hall–Kier alpha value is -0.570. The molecule has 0 aromatic rings. The van der Waals surface area contributed by atoms with Crippen LogP contribution in [0.2, 0.25) is 0 Å². The number of aliphatic carboxylic acids is 1. The second-order valence-corrected chi connectivity index (χ2v) is 1.98. The molecule has 1 unspecified atom stereocenters. The zero-order valence-electron chi connectivity index (χ0n) is 8.51. The van der Waals surface area contributed by atoms with Crippen molar-refractivity contribution in [2.24, 2.45) is 11.6 Å². The van der Waals surface area contributed by atoms with Gasteiger partial charge in [0.1, 0.15) is 6.02 Å². The first kappa shape index (κ1) is 4.28. The van der Waals surface area contributed by atoms with Crippen LogP contribution in [0.1, 0.15) is 24.4 Å². The zero-order valence-corrected chi connectivity index (χ0v) is 5.51. The molecule has 54 valence electrons. The van der Waals surface area contributed by atoms with Gasteiger partial charge in [-0.2, -0.15) is 0 Å². The highest BCUT2D eigenvalue weighted by Crippen LogP contribution is 2.01. The minimum atomic E-state index is -2.41. The smallest absolute Gasteiger partial charge is 0.320 e. The highest BCUT2D eigenvalue weighted by molar-refractivity contribution is 5.72. The van der Waals surface area contributed by atoms with E-state index >= 15 is 0 Å². The number of hydrogen-bond acceptors (Lipinski definition) is 2. The van der Waals surface area contributed by atoms with Gasteiger partial charge in [0.25, 0.3) is 0 Å². The minimum Gasteiger partial charge on any atom is -0.480 e. The second-order valence-electron chi connectivity index (χ2n) is 1.98. The lowest BCUT2D eigenvalue weighted by Gasteiger charge is -2.07. The Balaban J connectivity index is 4.69. The van der Waals surface area contributed by atoms with E-state index in [1.54, 1.807) is 0 Å². The Morgan fingerprint density at radius 2 is 2.44 bits per heavy atom. The molecule has 2 atom stereocenters. The van der Waals surface area contributed by atoms with E-state index in [0.29, 0.717) is 0 Å². The Labute approximate surface area is 59.1 Å². The van der Waals surface area contributed by atoms with Crippen molar-refractivity contribution in [1.29, 1.82) is 0 Å². The molecule has 9 heavy (non-hydrogen) atoms. The van der Waals surface area contributed by atoms with E-state index in [9.17, 15) is 4.79 Å². The van der Waals surface area contributed by atoms with Crippen molar-refractivity contribution in [3.63, 3.8) is 0 Å². The van der Waals surface area contributed by atoms with Crippen LogP contribution in [0.25, 0.3) is 0 Å². The Morgan fingerprint density at radius 1 is 2.00 bits per heavy atom. The van der Waals surface area contributed by atoms with Crippen molar-refractivity contribution in [1.82, 2.24) is 0 Å². The molecule has 0 bridgehead atoms. The molecule has 0 aliphatic carbocycles. The minimum absolute atomic E-state index is 1.35. The van der Waals surface area contributed by atoms with Gasteiger partial charge < -0.3 is 10.8 Å². The average molecular weight is 134 g/mol. The van der Waals surface area contributed by atoms with Gasteiger partial charge in [0.2, 0.25) is 0 Å². The third-order valence-corrected chi connectivity index (χ3v) is 0.691. The predicted molar refractivity (Wildman–Crippen MR) is 35.1 cm³/mol. The molecule has 0 radical (unpaired) electrons. The van der Waals surface area contributed by atoms with Gasteiger partial charge in [0, 0.05) is 2.74 Å². The number of nitrogens with two attached hydrogens (primary N) is 1. The molecule has 0 rings (SSSR count). The van der Waals surface area contributed by atoms with E-state index in [1.807, 2.05) is 0 Å². The average Bonchev–Trinajstić information content (AvgIpc) is 1.83. The standard InChI is InChI=1S/C6H13NO2/c1-4(2)3-5(7)6(8)9/h4-5H,3,7H2,1-2H3,(H,8,9)/t5-/m1/s1/i3D,4D,5D/t3?,5-. The summed E-state index contributed by atoms with van der Waals surface area (Å²) in [5.41, 5.74) is 5.05. The summed E-state index contributed by atoms with van der Waals surface area (Å²) in [6.45, 7) is 2.70. The molecule has 0 spiro atoms. The summed E-state index contributed by atoms with van der Waals surface area (Å²) in [6, 6.07) is -2.41. The van der Waals surface area contributed by atoms with Crippen LogP contribution in [-0.4, -0.2) is 17.1 Å². The van der Waals surface area contributed by atoms with E-state index in [1.165, 1.54) is 13.8 Å². The van der Waals surface area contributed by atoms with Crippen LogP contribution >= 0.6 is 0 Å². The number of hydrogen-bond donors (Lipinski definition) is 2. The first-order valence-electron chi connectivity index (χ1n) is 4.12. The molecule has 3 heteroatoms. The van der Waals surface area contributed by atoms with Gasteiger partial charge in [0.15, 0.2) is 0 Å². The van der Waals surface area contributed by atoms with Crippen molar-refractivity contribution in [3.05, 3.63) is 0 Å². The van der Waals surface area contributed by atoms with Crippen molar-refractivity contribution >= 4 is 5.97 Å². The van der Waals surface area contributed by atoms with Crippen LogP contribution in [0.15, 0.2) is 0 Å². The number of rotatable bonds is 3. The van der Waals surface area contributed by atoms with Gasteiger partial charge in [-0.3, -0.25) is 4.79 Å². The molecule has 0 aliphatic rings. The summed E-state index contributed by atoms with van der Waals surface area (Å²) in [4.78, 5) is 10.4. The number of carbonyl (C=O) groups is 1. The summed E-state index contributed by atoms with van der Waals surface area (Å²) in [5.74, 6) is -2.93. The normalized spacial score (nSPS) is 26.8. The lowest BCUT2D eigenvalue weighted by atomic mass is 10.1. The van der Waals surface area contributed by atoms with E-state index in [2.05, 4.69) is 0 Å². The molecular formula is C6H13NO2. The Bertz CT molecular complexity index is 188. The van der Waals surface area contributed by atoms with Gasteiger partial charge in [-0.15, -0.1) is 0 Å². The molecule has 0 fully saturated rings. The number of carboxylic acids is 1. The van der Waals surface area contributed by atoms with E-state index < -0.39 is 24.3 Å². The first-order valence-corrected chi connectivity index (χ1v) is 2.54. The van der Waals surface area contributed by atoms with Crippen LogP contribution in [0.3, 0.4) is 0 Å². The van der Waals surface area contributed by atoms with Gasteiger partial charge in [-0.25, -0.2) is 0 Å². The van der Waals surface area contributed by atoms with E-state index in [-0.39, 0.29) is 0 Å². The van der Waals surface area contributed by atoms with Crippen LogP contribution in [0.4, 0.5) is 0 Å². The summed E-state index contributed by atoms with van der Waals surface area (Å²) in [5, 5.41) is 8.46. The molecule has 3 nitrogen and oxygen atoms in total. The molecule has 0 aromatic heterocycles. The fraction of sp³-hybridized carbons (Fsp3) is 0.833. The predicted octanol–water partition coefficient (Wildman–Crippen LogP) is 0.444. The molecule has 0 aromatic carbocycles. The summed E-state index contributed by atoms with van der Waals surface area (Å²) < 4.78 is 21.7. The van der Waals surface area contributed by atoms with Crippen molar-refractivity contribution < 1.29 is 14.0 Å². The van der Waals surface area contributed by atoms with Gasteiger partial charge >= 0.3 is 5.97 Å².